The van der Waals surface area contributed by atoms with Crippen molar-refractivity contribution in [1.29, 1.82) is 0 Å². The number of amides is 4. The molecule has 272 valence electrons. The van der Waals surface area contributed by atoms with Crippen molar-refractivity contribution in [1.82, 2.24) is 40.4 Å². The summed E-state index contributed by atoms with van der Waals surface area (Å²) in [6, 6.07) is 9.41. The summed E-state index contributed by atoms with van der Waals surface area (Å²) in [4.78, 5) is 70.8. The summed E-state index contributed by atoms with van der Waals surface area (Å²) in [5, 5.41) is 5.34. The first-order valence-corrected chi connectivity index (χ1v) is 17.4. The highest BCUT2D eigenvalue weighted by molar-refractivity contribution is 5.88. The van der Waals surface area contributed by atoms with Crippen LogP contribution in [-0.2, 0) is 19.1 Å². The van der Waals surface area contributed by atoms with Crippen LogP contribution in [0.15, 0.2) is 48.6 Å². The summed E-state index contributed by atoms with van der Waals surface area (Å²) >= 11 is 0. The van der Waals surface area contributed by atoms with E-state index in [1.54, 1.807) is 9.80 Å². The number of H-pyrrole nitrogens is 2. The normalized spacial score (nSPS) is 18.1. The number of benzene rings is 2. The quantitative estimate of drug-likeness (QED) is 0.151. The maximum absolute atomic E-state index is 13.5. The van der Waals surface area contributed by atoms with Gasteiger partial charge in [0.15, 0.2) is 0 Å². The molecule has 0 aliphatic carbocycles. The third-order valence-corrected chi connectivity index (χ3v) is 9.51. The minimum absolute atomic E-state index is 0.119. The number of fused-ring (bicyclic) bond motifs is 2. The number of carbonyl (C=O) groups excluding carboxylic acids is 4. The predicted molar refractivity (Wildman–Crippen MR) is 194 cm³/mol. The standard InChI is InChI=1S/C38H44N8O6/c1-21(2)31(43-37(49)51-5)35(47)45-17-7-9-29(45)33-39-25-15-13-23(19-27(25)41-33)11-12-24-14-16-26-28(20-24)42-34(40-26)30-10-8-18-46(30)36(48)32(22(3)4)44-38(50)52-6/h7,9,13-16,19-22,29-32H,8,10,17-18H2,1-6H3,(H,39,41)(H,40,42)(H,43,49)(H,44,50)/t29-,30-,31-,32-/m0/s1. The molecule has 0 spiro atoms. The van der Waals surface area contributed by atoms with Crippen LogP contribution in [0.4, 0.5) is 9.59 Å². The van der Waals surface area contributed by atoms with Gasteiger partial charge in [0, 0.05) is 24.2 Å². The molecular weight excluding hydrogens is 664 g/mol. The second-order valence-corrected chi connectivity index (χ2v) is 13.7. The molecule has 4 heterocycles. The van der Waals surface area contributed by atoms with Crippen LogP contribution in [0.2, 0.25) is 0 Å². The number of hydrogen-bond acceptors (Lipinski definition) is 8. The molecule has 4 amide bonds. The van der Waals surface area contributed by atoms with E-state index in [2.05, 4.69) is 32.4 Å². The van der Waals surface area contributed by atoms with Gasteiger partial charge in [-0.2, -0.15) is 0 Å². The molecule has 0 saturated carbocycles. The van der Waals surface area contributed by atoms with E-state index in [1.807, 2.05) is 76.2 Å². The maximum Gasteiger partial charge on any atom is 0.407 e. The Hall–Kier alpha value is -5.84. The van der Waals surface area contributed by atoms with Gasteiger partial charge in [-0.3, -0.25) is 9.59 Å². The number of rotatable bonds is 8. The number of ether oxygens (including phenoxy) is 2. The number of aromatic nitrogens is 4. The first-order chi connectivity index (χ1) is 25.0. The zero-order valence-corrected chi connectivity index (χ0v) is 30.1. The van der Waals surface area contributed by atoms with E-state index in [4.69, 9.17) is 19.4 Å². The molecule has 52 heavy (non-hydrogen) atoms. The third-order valence-electron chi connectivity index (χ3n) is 9.51. The molecule has 1 fully saturated rings. The van der Waals surface area contributed by atoms with Crippen molar-refractivity contribution in [3.8, 4) is 11.8 Å². The largest absolute Gasteiger partial charge is 0.453 e. The van der Waals surface area contributed by atoms with E-state index in [0.717, 1.165) is 40.5 Å². The third kappa shape index (κ3) is 7.44. The Morgan fingerprint density at radius 1 is 0.788 bits per heavy atom. The van der Waals surface area contributed by atoms with Crippen molar-refractivity contribution in [2.45, 2.75) is 64.7 Å². The average Bonchev–Trinajstić information content (AvgIpc) is 3.95. The predicted octanol–water partition coefficient (Wildman–Crippen LogP) is 4.70. The highest BCUT2D eigenvalue weighted by atomic mass is 16.5. The molecule has 4 N–H and O–H groups in total. The summed E-state index contributed by atoms with van der Waals surface area (Å²) in [6.45, 7) is 8.49. The molecule has 14 heteroatoms. The summed E-state index contributed by atoms with van der Waals surface area (Å²) < 4.78 is 9.48. The lowest BCUT2D eigenvalue weighted by Crippen LogP contribution is -2.51. The number of nitrogens with one attached hydrogen (secondary N) is 4. The van der Waals surface area contributed by atoms with Crippen molar-refractivity contribution >= 4 is 46.1 Å². The number of nitrogens with zero attached hydrogens (tertiary/aromatic N) is 4. The van der Waals surface area contributed by atoms with Gasteiger partial charge >= 0.3 is 12.2 Å². The molecule has 4 aromatic rings. The smallest absolute Gasteiger partial charge is 0.407 e. The number of aromatic amines is 2. The van der Waals surface area contributed by atoms with Gasteiger partial charge in [-0.05, 0) is 61.1 Å². The Balaban J connectivity index is 1.18. The van der Waals surface area contributed by atoms with Crippen molar-refractivity contribution < 1.29 is 28.7 Å². The van der Waals surface area contributed by atoms with Gasteiger partial charge in [-0.15, -0.1) is 0 Å². The molecule has 2 aliphatic rings. The Morgan fingerprint density at radius 2 is 1.31 bits per heavy atom. The van der Waals surface area contributed by atoms with Crippen LogP contribution in [-0.4, -0.2) is 93.1 Å². The lowest BCUT2D eigenvalue weighted by molar-refractivity contribution is -0.136. The summed E-state index contributed by atoms with van der Waals surface area (Å²) in [6.07, 6.45) is 4.14. The van der Waals surface area contributed by atoms with E-state index >= 15 is 0 Å². The molecule has 14 nitrogen and oxygen atoms in total. The van der Waals surface area contributed by atoms with Crippen LogP contribution < -0.4 is 10.6 Å². The Bertz CT molecular complexity index is 2090. The Morgan fingerprint density at radius 3 is 1.85 bits per heavy atom. The van der Waals surface area contributed by atoms with Crippen molar-refractivity contribution in [3.63, 3.8) is 0 Å². The van der Waals surface area contributed by atoms with Crippen LogP contribution in [0.5, 0.6) is 0 Å². The van der Waals surface area contributed by atoms with Gasteiger partial charge in [-0.25, -0.2) is 19.6 Å². The van der Waals surface area contributed by atoms with Crippen molar-refractivity contribution in [3.05, 3.63) is 71.3 Å². The van der Waals surface area contributed by atoms with E-state index in [-0.39, 0.29) is 29.7 Å². The highest BCUT2D eigenvalue weighted by Gasteiger charge is 2.38. The van der Waals surface area contributed by atoms with Gasteiger partial charge in [-0.1, -0.05) is 51.7 Å². The monoisotopic (exact) mass is 708 g/mol. The average molecular weight is 709 g/mol. The van der Waals surface area contributed by atoms with Crippen molar-refractivity contribution in [2.24, 2.45) is 11.8 Å². The molecular formula is C38H44N8O6. The van der Waals surface area contributed by atoms with Crippen molar-refractivity contribution in [2.75, 3.05) is 27.3 Å². The minimum atomic E-state index is -0.741. The van der Waals surface area contributed by atoms with Gasteiger partial charge in [0.05, 0.1) is 42.3 Å². The molecule has 4 atom stereocenters. The van der Waals surface area contributed by atoms with Crippen LogP contribution in [0.3, 0.4) is 0 Å². The fourth-order valence-corrected chi connectivity index (χ4v) is 6.71. The molecule has 0 bridgehead atoms. The number of hydrogen-bond donors (Lipinski definition) is 4. The SMILES string of the molecule is COC(=O)N[C@H](C(=O)N1CC=C[C@H]1c1nc2cc(C#Cc3ccc4[nH]c([C@@H]5CCCN5C(=O)[C@@H](NC(=O)OC)C(C)C)nc4c3)ccc2[nH]1)C(C)C. The van der Waals surface area contributed by atoms with Crippen LogP contribution in [0, 0.1) is 23.7 Å². The van der Waals surface area contributed by atoms with E-state index in [1.165, 1.54) is 14.2 Å². The van der Waals surface area contributed by atoms with E-state index in [0.29, 0.717) is 30.3 Å². The number of imidazole rings is 2. The zero-order chi connectivity index (χ0) is 37.1. The summed E-state index contributed by atoms with van der Waals surface area (Å²) in [7, 11) is 2.55. The topological polar surface area (TPSA) is 175 Å². The molecule has 0 unspecified atom stereocenters. The molecule has 2 aliphatic heterocycles. The fraction of sp³-hybridized carbons (Fsp3) is 0.421. The molecule has 2 aromatic heterocycles. The van der Waals surface area contributed by atoms with E-state index in [9.17, 15) is 19.2 Å². The van der Waals surface area contributed by atoms with Gasteiger partial charge in [0.1, 0.15) is 29.8 Å². The number of likely N-dealkylation sites (tertiary alicyclic amines) is 1. The van der Waals surface area contributed by atoms with Gasteiger partial charge in [0.2, 0.25) is 11.8 Å². The van der Waals surface area contributed by atoms with Gasteiger partial charge < -0.3 is 39.9 Å². The Labute approximate surface area is 301 Å². The minimum Gasteiger partial charge on any atom is -0.453 e. The highest BCUT2D eigenvalue weighted by Crippen LogP contribution is 2.33. The first-order valence-electron chi connectivity index (χ1n) is 17.4. The first kappa shape index (κ1) is 36.0. The van der Waals surface area contributed by atoms with E-state index < -0.39 is 30.3 Å². The second kappa shape index (κ2) is 15.2. The van der Waals surface area contributed by atoms with Crippen LogP contribution >= 0.6 is 0 Å². The molecule has 2 aromatic carbocycles. The number of alkyl carbamates (subject to hydrolysis) is 2. The summed E-state index contributed by atoms with van der Waals surface area (Å²) in [5.41, 5.74) is 4.66. The molecule has 6 rings (SSSR count). The second-order valence-electron chi connectivity index (χ2n) is 13.7. The molecule has 0 radical (unpaired) electrons. The van der Waals surface area contributed by atoms with Crippen LogP contribution in [0.1, 0.15) is 75.4 Å². The Kier molecular flexibility index (Phi) is 10.5. The van der Waals surface area contributed by atoms with Crippen LogP contribution in [0.25, 0.3) is 22.1 Å². The maximum atomic E-state index is 13.5. The van der Waals surface area contributed by atoms with Gasteiger partial charge in [0.25, 0.3) is 0 Å². The molecule has 1 saturated heterocycles. The summed E-state index contributed by atoms with van der Waals surface area (Å²) in [5.74, 6) is 7.14. The lowest BCUT2D eigenvalue weighted by Gasteiger charge is -2.29. The fourth-order valence-electron chi connectivity index (χ4n) is 6.71. The lowest BCUT2D eigenvalue weighted by atomic mass is 10.0. The number of carbonyl (C=O) groups is 4. The number of methoxy groups -OCH3 is 2. The zero-order valence-electron chi connectivity index (χ0n) is 30.1.